The van der Waals surface area contributed by atoms with E-state index in [1.54, 1.807) is 12.1 Å². The molecule has 2 aromatic heterocycles. The number of aromatic nitrogens is 1. The maximum atomic E-state index is 12.8. The van der Waals surface area contributed by atoms with Crippen LogP contribution in [0.2, 0.25) is 0 Å². The molecule has 0 radical (unpaired) electrons. The predicted molar refractivity (Wildman–Crippen MR) is 100 cm³/mol. The summed E-state index contributed by atoms with van der Waals surface area (Å²) in [4.78, 5) is 29.6. The van der Waals surface area contributed by atoms with Gasteiger partial charge in [-0.1, -0.05) is 32.0 Å². The Balaban J connectivity index is 1.82. The summed E-state index contributed by atoms with van der Waals surface area (Å²) in [6.07, 6.45) is 1.65. The largest absolute Gasteiger partial charge is 0.461 e. The molecule has 0 spiro atoms. The fourth-order valence-corrected chi connectivity index (χ4v) is 2.85. The molecule has 5 nitrogen and oxygen atoms in total. The van der Waals surface area contributed by atoms with Gasteiger partial charge in [-0.3, -0.25) is 14.6 Å². The third kappa shape index (κ3) is 3.82. The molecule has 2 heterocycles. The van der Waals surface area contributed by atoms with Gasteiger partial charge in [0.1, 0.15) is 0 Å². The first-order valence-corrected chi connectivity index (χ1v) is 8.73. The van der Waals surface area contributed by atoms with Crippen LogP contribution in [0.5, 0.6) is 0 Å². The number of fused-ring (bicyclic) bond motifs is 1. The number of Topliss-reactive ketones (excluding diaryl/α,β-unsaturated/α-hetero) is 1. The minimum absolute atomic E-state index is 0.134. The Bertz CT molecular complexity index is 930. The molecule has 3 rings (SSSR count). The van der Waals surface area contributed by atoms with Gasteiger partial charge in [-0.05, 0) is 37.1 Å². The van der Waals surface area contributed by atoms with Crippen molar-refractivity contribution in [1.82, 2.24) is 10.3 Å². The van der Waals surface area contributed by atoms with Gasteiger partial charge in [-0.2, -0.15) is 0 Å². The van der Waals surface area contributed by atoms with Gasteiger partial charge in [0.05, 0.1) is 17.3 Å². The van der Waals surface area contributed by atoms with Crippen molar-refractivity contribution in [1.29, 1.82) is 0 Å². The quantitative estimate of drug-likeness (QED) is 0.671. The van der Waals surface area contributed by atoms with E-state index in [9.17, 15) is 9.59 Å². The molecule has 0 saturated carbocycles. The Morgan fingerprint density at radius 1 is 1.12 bits per heavy atom. The van der Waals surface area contributed by atoms with E-state index < -0.39 is 0 Å². The molecule has 1 N–H and O–H groups in total. The third-order valence-corrected chi connectivity index (χ3v) is 4.24. The number of carbonyl (C=O) groups is 2. The fourth-order valence-electron chi connectivity index (χ4n) is 2.85. The highest BCUT2D eigenvalue weighted by Gasteiger charge is 2.19. The van der Waals surface area contributed by atoms with Gasteiger partial charge >= 0.3 is 0 Å². The van der Waals surface area contributed by atoms with Gasteiger partial charge in [-0.25, -0.2) is 0 Å². The molecule has 0 saturated heterocycles. The molecule has 0 aliphatic heterocycles. The van der Waals surface area contributed by atoms with Crippen molar-refractivity contribution >= 4 is 22.6 Å². The molecule has 0 bridgehead atoms. The highest BCUT2D eigenvalue weighted by molar-refractivity contribution is 6.06. The number of rotatable bonds is 6. The smallest absolute Gasteiger partial charge is 0.252 e. The number of hydrogen-bond acceptors (Lipinski definition) is 4. The van der Waals surface area contributed by atoms with Gasteiger partial charge in [0, 0.05) is 23.5 Å². The Labute approximate surface area is 152 Å². The minimum atomic E-state index is -0.311. The van der Waals surface area contributed by atoms with Crippen LogP contribution in [0, 0.1) is 0 Å². The molecule has 0 fully saturated rings. The van der Waals surface area contributed by atoms with Gasteiger partial charge in [-0.15, -0.1) is 0 Å². The zero-order valence-corrected chi connectivity index (χ0v) is 15.2. The number of furan rings is 1. The van der Waals surface area contributed by atoms with E-state index in [0.29, 0.717) is 11.3 Å². The van der Waals surface area contributed by atoms with Crippen LogP contribution in [0.15, 0.2) is 53.1 Å². The van der Waals surface area contributed by atoms with Gasteiger partial charge < -0.3 is 9.73 Å². The lowest BCUT2D eigenvalue weighted by Gasteiger charge is -2.15. The second-order valence-electron chi connectivity index (χ2n) is 6.75. The van der Waals surface area contributed by atoms with Crippen molar-refractivity contribution in [3.63, 3.8) is 0 Å². The number of pyridine rings is 1. The van der Waals surface area contributed by atoms with Crippen LogP contribution in [0.25, 0.3) is 10.9 Å². The lowest BCUT2D eigenvalue weighted by atomic mass is 10.0. The van der Waals surface area contributed by atoms with Crippen LogP contribution in [-0.2, 0) is 0 Å². The number of benzene rings is 1. The monoisotopic (exact) mass is 350 g/mol. The minimum Gasteiger partial charge on any atom is -0.461 e. The first-order valence-electron chi connectivity index (χ1n) is 8.73. The topological polar surface area (TPSA) is 72.2 Å². The van der Waals surface area contributed by atoms with Crippen molar-refractivity contribution in [2.24, 2.45) is 0 Å². The van der Waals surface area contributed by atoms with E-state index in [-0.39, 0.29) is 30.1 Å². The van der Waals surface area contributed by atoms with Crippen LogP contribution < -0.4 is 5.32 Å². The van der Waals surface area contributed by atoms with E-state index in [1.807, 2.05) is 51.1 Å². The summed E-state index contributed by atoms with van der Waals surface area (Å²) in [5, 5.41) is 3.72. The summed E-state index contributed by atoms with van der Waals surface area (Å²) in [7, 11) is 0. The van der Waals surface area contributed by atoms with Crippen LogP contribution in [0.1, 0.15) is 59.7 Å². The average molecular weight is 350 g/mol. The number of para-hydroxylation sites is 1. The lowest BCUT2D eigenvalue weighted by Crippen LogP contribution is -2.34. The standard InChI is InChI=1S/C21H22N2O3/c1-13(2)18-12-16(15-7-4-5-8-17(15)23-18)21(25)22-14(3)11-19(24)20-9-6-10-26-20/h4-10,12-14H,11H2,1-3H3,(H,22,25). The normalized spacial score (nSPS) is 12.3. The van der Waals surface area contributed by atoms with E-state index in [1.165, 1.54) is 6.26 Å². The van der Waals surface area contributed by atoms with Crippen LogP contribution >= 0.6 is 0 Å². The van der Waals surface area contributed by atoms with Crippen molar-refractivity contribution in [3.8, 4) is 0 Å². The maximum Gasteiger partial charge on any atom is 0.252 e. The lowest BCUT2D eigenvalue weighted by molar-refractivity contribution is 0.0908. The molecule has 1 unspecified atom stereocenters. The van der Waals surface area contributed by atoms with E-state index in [4.69, 9.17) is 4.42 Å². The van der Waals surface area contributed by atoms with Crippen molar-refractivity contribution in [2.75, 3.05) is 0 Å². The molecule has 0 aliphatic carbocycles. The van der Waals surface area contributed by atoms with Gasteiger partial charge in [0.25, 0.3) is 5.91 Å². The molecule has 0 aliphatic rings. The third-order valence-electron chi connectivity index (χ3n) is 4.24. The zero-order valence-electron chi connectivity index (χ0n) is 15.2. The molecule has 5 heteroatoms. The van der Waals surface area contributed by atoms with Gasteiger partial charge in [0.2, 0.25) is 0 Å². The van der Waals surface area contributed by atoms with Crippen molar-refractivity contribution in [2.45, 2.75) is 39.2 Å². The molecule has 1 amide bonds. The van der Waals surface area contributed by atoms with Crippen LogP contribution in [0.4, 0.5) is 0 Å². The Morgan fingerprint density at radius 2 is 1.88 bits per heavy atom. The summed E-state index contributed by atoms with van der Waals surface area (Å²) in [6, 6.07) is 12.4. The second-order valence-corrected chi connectivity index (χ2v) is 6.75. The highest BCUT2D eigenvalue weighted by Crippen LogP contribution is 2.22. The molecule has 1 aromatic carbocycles. The molecule has 134 valence electrons. The number of hydrogen-bond donors (Lipinski definition) is 1. The molecule has 26 heavy (non-hydrogen) atoms. The predicted octanol–water partition coefficient (Wildman–Crippen LogP) is 4.34. The Kier molecular flexibility index (Phi) is 5.16. The van der Waals surface area contributed by atoms with E-state index in [2.05, 4.69) is 10.3 Å². The highest BCUT2D eigenvalue weighted by atomic mass is 16.3. The first-order chi connectivity index (χ1) is 12.5. The second kappa shape index (κ2) is 7.52. The summed E-state index contributed by atoms with van der Waals surface area (Å²) < 4.78 is 5.12. The SMILES string of the molecule is CC(CC(=O)c1ccco1)NC(=O)c1cc(C(C)C)nc2ccccc12. The molecule has 3 aromatic rings. The number of nitrogens with zero attached hydrogens (tertiary/aromatic N) is 1. The summed E-state index contributed by atoms with van der Waals surface area (Å²) >= 11 is 0. The number of amides is 1. The summed E-state index contributed by atoms with van der Waals surface area (Å²) in [6.45, 7) is 5.90. The molecular formula is C21H22N2O3. The van der Waals surface area contributed by atoms with Crippen LogP contribution in [0.3, 0.4) is 0 Å². The molecular weight excluding hydrogens is 328 g/mol. The summed E-state index contributed by atoms with van der Waals surface area (Å²) in [5.41, 5.74) is 2.24. The van der Waals surface area contributed by atoms with E-state index in [0.717, 1.165) is 16.6 Å². The van der Waals surface area contributed by atoms with Gasteiger partial charge in [0.15, 0.2) is 11.5 Å². The first kappa shape index (κ1) is 17.9. The van der Waals surface area contributed by atoms with Crippen molar-refractivity contribution < 1.29 is 14.0 Å². The van der Waals surface area contributed by atoms with Crippen LogP contribution in [-0.4, -0.2) is 22.7 Å². The summed E-state index contributed by atoms with van der Waals surface area (Å²) in [5.74, 6) is 0.183. The number of nitrogens with one attached hydrogen (secondary N) is 1. The fraction of sp³-hybridized carbons (Fsp3) is 0.286. The number of carbonyl (C=O) groups excluding carboxylic acids is 2. The van der Waals surface area contributed by atoms with Crippen molar-refractivity contribution in [3.05, 3.63) is 65.7 Å². The molecule has 1 atom stereocenters. The van der Waals surface area contributed by atoms with E-state index >= 15 is 0 Å². The Morgan fingerprint density at radius 3 is 2.58 bits per heavy atom. The Hall–Kier alpha value is -2.95. The average Bonchev–Trinajstić information content (AvgIpc) is 3.15. The maximum absolute atomic E-state index is 12.8. The number of ketones is 1. The zero-order chi connectivity index (χ0) is 18.7.